The average Bonchev–Trinajstić information content (AvgIpc) is 2.67. The van der Waals surface area contributed by atoms with E-state index >= 15 is 0 Å². The van der Waals surface area contributed by atoms with Crippen LogP contribution in [0.3, 0.4) is 0 Å². The lowest BCUT2D eigenvalue weighted by Gasteiger charge is -2.27. The Morgan fingerprint density at radius 2 is 1.96 bits per heavy atom. The fourth-order valence-corrected chi connectivity index (χ4v) is 3.74. The lowest BCUT2D eigenvalue weighted by molar-refractivity contribution is 0.122. The number of sulfonamides is 1. The number of aromatic nitrogens is 3. The molecule has 0 radical (unpaired) electrons. The Balaban J connectivity index is 1.82. The van der Waals surface area contributed by atoms with Crippen molar-refractivity contribution in [2.75, 3.05) is 50.2 Å². The van der Waals surface area contributed by atoms with Gasteiger partial charge >= 0.3 is 0 Å². The van der Waals surface area contributed by atoms with Crippen molar-refractivity contribution in [3.63, 3.8) is 0 Å². The van der Waals surface area contributed by atoms with Gasteiger partial charge in [-0.2, -0.15) is 15.0 Å². The second-order valence-electron chi connectivity index (χ2n) is 6.13. The third-order valence-corrected chi connectivity index (χ3v) is 5.51. The molecule has 1 N–H and O–H groups in total. The molecule has 0 bridgehead atoms. The molecule has 1 aromatic carbocycles. The van der Waals surface area contributed by atoms with Gasteiger partial charge in [0.05, 0.1) is 24.7 Å². The quantitative estimate of drug-likeness (QED) is 0.747. The summed E-state index contributed by atoms with van der Waals surface area (Å²) in [7, 11) is -0.0982. The zero-order chi connectivity index (χ0) is 19.4. The van der Waals surface area contributed by atoms with E-state index in [-0.39, 0.29) is 11.4 Å². The molecule has 0 atom stereocenters. The summed E-state index contributed by atoms with van der Waals surface area (Å²) in [6.45, 7) is 2.48. The van der Waals surface area contributed by atoms with E-state index < -0.39 is 10.0 Å². The average molecular weight is 413 g/mol. The molecule has 1 aromatic heterocycles. The summed E-state index contributed by atoms with van der Waals surface area (Å²) in [4.78, 5) is 17.0. The van der Waals surface area contributed by atoms with Crippen LogP contribution in [0.2, 0.25) is 5.02 Å². The molecule has 1 fully saturated rings. The number of nitrogens with one attached hydrogen (secondary N) is 1. The number of benzene rings is 1. The molecule has 0 unspecified atom stereocenters. The minimum atomic E-state index is -3.73. The van der Waals surface area contributed by atoms with Crippen LogP contribution in [0.25, 0.3) is 0 Å². The number of nitrogens with zero attached hydrogens (tertiary/aromatic N) is 5. The second-order valence-corrected chi connectivity index (χ2v) is 8.33. The van der Waals surface area contributed by atoms with Crippen molar-refractivity contribution in [2.24, 2.45) is 0 Å². The van der Waals surface area contributed by atoms with Gasteiger partial charge in [-0.25, -0.2) is 13.1 Å². The fourth-order valence-electron chi connectivity index (χ4n) is 2.46. The van der Waals surface area contributed by atoms with E-state index in [1.807, 2.05) is 19.0 Å². The zero-order valence-electron chi connectivity index (χ0n) is 15.1. The Labute approximate surface area is 163 Å². The van der Waals surface area contributed by atoms with E-state index in [1.165, 1.54) is 12.1 Å². The lowest BCUT2D eigenvalue weighted by Crippen LogP contribution is -2.38. The molecule has 0 amide bonds. The van der Waals surface area contributed by atoms with Gasteiger partial charge in [-0.1, -0.05) is 17.7 Å². The summed E-state index contributed by atoms with van der Waals surface area (Å²) >= 11 is 5.88. The van der Waals surface area contributed by atoms with Gasteiger partial charge in [0.15, 0.2) is 5.82 Å². The van der Waals surface area contributed by atoms with Crippen molar-refractivity contribution >= 4 is 33.5 Å². The van der Waals surface area contributed by atoms with Crippen molar-refractivity contribution < 1.29 is 13.2 Å². The van der Waals surface area contributed by atoms with Crippen LogP contribution in [0.15, 0.2) is 29.2 Å². The maximum Gasteiger partial charge on any atom is 0.241 e. The topological polar surface area (TPSA) is 101 Å². The van der Waals surface area contributed by atoms with Crippen molar-refractivity contribution in [3.8, 4) is 0 Å². The maximum absolute atomic E-state index is 12.5. The highest BCUT2D eigenvalue weighted by molar-refractivity contribution is 7.89. The molecule has 1 saturated heterocycles. The van der Waals surface area contributed by atoms with E-state index in [9.17, 15) is 8.42 Å². The number of hydrogen-bond donors (Lipinski definition) is 1. The van der Waals surface area contributed by atoms with Crippen LogP contribution in [0.5, 0.6) is 0 Å². The van der Waals surface area contributed by atoms with Crippen molar-refractivity contribution in [1.29, 1.82) is 0 Å². The summed E-state index contributed by atoms with van der Waals surface area (Å²) < 4.78 is 32.8. The minimum Gasteiger partial charge on any atom is -0.378 e. The maximum atomic E-state index is 12.5. The summed E-state index contributed by atoms with van der Waals surface area (Å²) in [5.74, 6) is 1.30. The number of halogens is 1. The fraction of sp³-hybridized carbons (Fsp3) is 0.438. The Kier molecular flexibility index (Phi) is 6.10. The molecule has 146 valence electrons. The van der Waals surface area contributed by atoms with Gasteiger partial charge in [0.2, 0.25) is 21.9 Å². The smallest absolute Gasteiger partial charge is 0.241 e. The first-order valence-electron chi connectivity index (χ1n) is 8.35. The van der Waals surface area contributed by atoms with E-state index in [4.69, 9.17) is 16.3 Å². The summed E-state index contributed by atoms with van der Waals surface area (Å²) in [6, 6.07) is 6.07. The third-order valence-electron chi connectivity index (χ3n) is 3.88. The second kappa shape index (κ2) is 8.34. The summed E-state index contributed by atoms with van der Waals surface area (Å²) in [6.07, 6.45) is 0. The number of hydrogen-bond acceptors (Lipinski definition) is 8. The molecule has 11 heteroatoms. The molecule has 0 saturated carbocycles. The minimum absolute atomic E-state index is 0.0600. The molecular formula is C16H21ClN6O3S. The van der Waals surface area contributed by atoms with Gasteiger partial charge in [0.25, 0.3) is 0 Å². The third kappa shape index (κ3) is 5.04. The van der Waals surface area contributed by atoms with Crippen molar-refractivity contribution in [2.45, 2.75) is 11.4 Å². The lowest BCUT2D eigenvalue weighted by atomic mass is 10.4. The van der Waals surface area contributed by atoms with Crippen molar-refractivity contribution in [1.82, 2.24) is 19.7 Å². The van der Waals surface area contributed by atoms with Crippen LogP contribution in [0.1, 0.15) is 5.82 Å². The van der Waals surface area contributed by atoms with E-state index in [0.29, 0.717) is 49.0 Å². The van der Waals surface area contributed by atoms with Gasteiger partial charge in [0.1, 0.15) is 0 Å². The number of rotatable bonds is 6. The van der Waals surface area contributed by atoms with Gasteiger partial charge in [-0.05, 0) is 18.2 Å². The molecule has 0 spiro atoms. The van der Waals surface area contributed by atoms with Gasteiger partial charge in [-0.3, -0.25) is 0 Å². The molecule has 3 rings (SSSR count). The number of ether oxygens (including phenoxy) is 1. The molecule has 1 aliphatic heterocycles. The van der Waals surface area contributed by atoms with E-state index in [0.717, 1.165) is 0 Å². The highest BCUT2D eigenvalue weighted by atomic mass is 35.5. The number of anilines is 2. The van der Waals surface area contributed by atoms with Crippen LogP contribution < -0.4 is 14.5 Å². The molecule has 27 heavy (non-hydrogen) atoms. The zero-order valence-corrected chi connectivity index (χ0v) is 16.7. The van der Waals surface area contributed by atoms with Crippen LogP contribution in [0.4, 0.5) is 11.9 Å². The van der Waals surface area contributed by atoms with Crippen LogP contribution in [0, 0.1) is 0 Å². The van der Waals surface area contributed by atoms with E-state index in [2.05, 4.69) is 19.7 Å². The molecule has 1 aliphatic rings. The first-order chi connectivity index (χ1) is 12.8. The first-order valence-corrected chi connectivity index (χ1v) is 10.2. The first kappa shape index (κ1) is 19.7. The molecule has 2 heterocycles. The Hall–Kier alpha value is -2.01. The Bertz CT molecular complexity index is 903. The predicted molar refractivity (Wildman–Crippen MR) is 103 cm³/mol. The van der Waals surface area contributed by atoms with Crippen LogP contribution in [-0.2, 0) is 21.3 Å². The van der Waals surface area contributed by atoms with Gasteiger partial charge < -0.3 is 14.5 Å². The van der Waals surface area contributed by atoms with Gasteiger partial charge in [0, 0.05) is 32.2 Å². The van der Waals surface area contributed by atoms with Crippen LogP contribution in [-0.4, -0.2) is 63.8 Å². The molecule has 2 aromatic rings. The predicted octanol–water partition coefficient (Wildman–Crippen LogP) is 0.906. The Morgan fingerprint density at radius 3 is 2.63 bits per heavy atom. The normalized spacial score (nSPS) is 15.0. The standard InChI is InChI=1S/C16H21ClN6O3S/c1-22(2)15-19-14(20-16(21-15)23-6-8-26-9-7-23)11-18-27(24,25)13-5-3-4-12(17)10-13/h3-5,10,18H,6-9,11H2,1-2H3. The summed E-state index contributed by atoms with van der Waals surface area (Å²) in [5, 5.41) is 0.350. The summed E-state index contributed by atoms with van der Waals surface area (Å²) in [5.41, 5.74) is 0. The number of morpholine rings is 1. The Morgan fingerprint density at radius 1 is 1.22 bits per heavy atom. The highest BCUT2D eigenvalue weighted by Gasteiger charge is 2.19. The van der Waals surface area contributed by atoms with E-state index in [1.54, 1.807) is 17.0 Å². The van der Waals surface area contributed by atoms with Crippen molar-refractivity contribution in [3.05, 3.63) is 35.1 Å². The molecule has 0 aliphatic carbocycles. The van der Waals surface area contributed by atoms with Crippen LogP contribution >= 0.6 is 11.6 Å². The van der Waals surface area contributed by atoms with Gasteiger partial charge in [-0.15, -0.1) is 0 Å². The SMILES string of the molecule is CN(C)c1nc(CNS(=O)(=O)c2cccc(Cl)c2)nc(N2CCOCC2)n1. The monoisotopic (exact) mass is 412 g/mol. The molecular weight excluding hydrogens is 392 g/mol. The largest absolute Gasteiger partial charge is 0.378 e. The molecule has 9 nitrogen and oxygen atoms in total. The highest BCUT2D eigenvalue weighted by Crippen LogP contribution is 2.17.